The Hall–Kier alpha value is -0.970. The Kier molecular flexibility index (Phi) is 2.42. The minimum Gasteiger partial charge on any atom is -0.301 e. The van der Waals surface area contributed by atoms with Crippen LogP contribution in [0.5, 0.6) is 0 Å². The number of hydrogen-bond donors (Lipinski definition) is 1. The molecule has 1 fully saturated rings. The second-order valence-electron chi connectivity index (χ2n) is 2.59. The van der Waals surface area contributed by atoms with Gasteiger partial charge in [0.15, 0.2) is 5.11 Å². The highest BCUT2D eigenvalue weighted by molar-refractivity contribution is 7.80. The van der Waals surface area contributed by atoms with Crippen LogP contribution in [0.1, 0.15) is 20.3 Å². The van der Waals surface area contributed by atoms with E-state index in [1.807, 2.05) is 0 Å². The summed E-state index contributed by atoms with van der Waals surface area (Å²) in [7, 11) is 0. The number of amides is 2. The first-order chi connectivity index (χ1) is 5.57. The maximum Gasteiger partial charge on any atom is 0.249 e. The number of thiocarbonyl (C=S) groups is 1. The van der Waals surface area contributed by atoms with Crippen molar-refractivity contribution in [2.45, 2.75) is 26.3 Å². The Morgan fingerprint density at radius 2 is 2.33 bits per heavy atom. The number of nitrogens with one attached hydrogen (secondary N) is 1. The van der Waals surface area contributed by atoms with Gasteiger partial charge in [0.2, 0.25) is 11.8 Å². The molecule has 66 valence electrons. The quantitative estimate of drug-likeness (QED) is 0.588. The van der Waals surface area contributed by atoms with Crippen LogP contribution in [0, 0.1) is 0 Å². The van der Waals surface area contributed by atoms with Crippen LogP contribution in [0.15, 0.2) is 0 Å². The first-order valence-electron chi connectivity index (χ1n) is 3.74. The highest BCUT2D eigenvalue weighted by Crippen LogP contribution is 2.09. The minimum absolute atomic E-state index is 0.120. The fourth-order valence-corrected chi connectivity index (χ4v) is 1.42. The molecule has 0 saturated carbocycles. The highest BCUT2D eigenvalue weighted by Gasteiger charge is 2.35. The van der Waals surface area contributed by atoms with Crippen molar-refractivity contribution >= 4 is 29.1 Å². The topological polar surface area (TPSA) is 49.4 Å². The third kappa shape index (κ3) is 1.32. The summed E-state index contributed by atoms with van der Waals surface area (Å²) in [5, 5.41) is 2.65. The molecule has 1 aliphatic heterocycles. The third-order valence-electron chi connectivity index (χ3n) is 1.79. The molecule has 0 unspecified atom stereocenters. The van der Waals surface area contributed by atoms with Crippen molar-refractivity contribution in [2.75, 3.05) is 0 Å². The van der Waals surface area contributed by atoms with Crippen molar-refractivity contribution in [1.82, 2.24) is 10.2 Å². The zero-order valence-electron chi connectivity index (χ0n) is 6.96. The van der Waals surface area contributed by atoms with Gasteiger partial charge in [0, 0.05) is 6.42 Å². The van der Waals surface area contributed by atoms with E-state index in [2.05, 4.69) is 5.32 Å². The van der Waals surface area contributed by atoms with Gasteiger partial charge in [-0.2, -0.15) is 0 Å². The first kappa shape index (κ1) is 9.12. The lowest BCUT2D eigenvalue weighted by Crippen LogP contribution is -2.37. The predicted molar refractivity (Wildman–Crippen MR) is 47.3 cm³/mol. The van der Waals surface area contributed by atoms with Gasteiger partial charge in [-0.1, -0.05) is 6.92 Å². The molecular formula is C7H10N2O2S. The molecule has 0 bridgehead atoms. The van der Waals surface area contributed by atoms with Crippen LogP contribution in [0.2, 0.25) is 0 Å². The van der Waals surface area contributed by atoms with E-state index in [0.717, 1.165) is 0 Å². The van der Waals surface area contributed by atoms with E-state index in [4.69, 9.17) is 12.2 Å². The molecule has 1 rings (SSSR count). The fourth-order valence-electron chi connectivity index (χ4n) is 1.06. The molecule has 1 atom stereocenters. The molecule has 0 radical (unpaired) electrons. The largest absolute Gasteiger partial charge is 0.301 e. The molecule has 0 aromatic heterocycles. The SMILES string of the molecule is CCC(=O)N1C(=S)NC(=O)[C@@H]1C. The Labute approximate surface area is 75.9 Å². The molecule has 0 aromatic rings. The van der Waals surface area contributed by atoms with Gasteiger partial charge in [-0.25, -0.2) is 0 Å². The van der Waals surface area contributed by atoms with E-state index >= 15 is 0 Å². The van der Waals surface area contributed by atoms with Crippen LogP contribution >= 0.6 is 12.2 Å². The summed E-state index contributed by atoms with van der Waals surface area (Å²) in [6.45, 7) is 3.39. The first-order valence-corrected chi connectivity index (χ1v) is 4.15. The van der Waals surface area contributed by atoms with Gasteiger partial charge in [0.25, 0.3) is 0 Å². The monoisotopic (exact) mass is 186 g/mol. The molecule has 1 aliphatic rings. The Morgan fingerprint density at radius 3 is 2.67 bits per heavy atom. The lowest BCUT2D eigenvalue weighted by molar-refractivity contribution is -0.131. The lowest BCUT2D eigenvalue weighted by atomic mass is 10.3. The van der Waals surface area contributed by atoms with Crippen LogP contribution < -0.4 is 5.32 Å². The van der Waals surface area contributed by atoms with Crippen LogP contribution in [-0.2, 0) is 9.59 Å². The molecule has 12 heavy (non-hydrogen) atoms. The summed E-state index contributed by atoms with van der Waals surface area (Å²) >= 11 is 4.81. The van der Waals surface area contributed by atoms with Gasteiger partial charge in [-0.15, -0.1) is 0 Å². The molecule has 1 heterocycles. The predicted octanol–water partition coefficient (Wildman–Crippen LogP) is 0.0282. The smallest absolute Gasteiger partial charge is 0.249 e. The Bertz CT molecular complexity index is 252. The van der Waals surface area contributed by atoms with Gasteiger partial charge >= 0.3 is 0 Å². The maximum atomic E-state index is 11.2. The van der Waals surface area contributed by atoms with E-state index in [0.29, 0.717) is 6.42 Å². The average Bonchev–Trinajstić information content (AvgIpc) is 2.26. The summed E-state index contributed by atoms with van der Waals surface area (Å²) in [5.41, 5.74) is 0. The van der Waals surface area contributed by atoms with Crippen molar-refractivity contribution in [2.24, 2.45) is 0 Å². The normalized spacial score (nSPS) is 22.8. The number of carbonyl (C=O) groups excluding carboxylic acids is 2. The number of nitrogens with zero attached hydrogens (tertiary/aromatic N) is 1. The van der Waals surface area contributed by atoms with E-state index in [-0.39, 0.29) is 16.9 Å². The average molecular weight is 186 g/mol. The zero-order chi connectivity index (χ0) is 9.30. The van der Waals surface area contributed by atoms with Crippen LogP contribution in [0.25, 0.3) is 0 Å². The lowest BCUT2D eigenvalue weighted by Gasteiger charge is -2.16. The third-order valence-corrected chi connectivity index (χ3v) is 2.09. The van der Waals surface area contributed by atoms with Crippen LogP contribution in [0.4, 0.5) is 0 Å². The summed E-state index contributed by atoms with van der Waals surface area (Å²) in [6.07, 6.45) is 0.361. The fraction of sp³-hybridized carbons (Fsp3) is 0.571. The molecule has 1 N–H and O–H groups in total. The molecule has 0 spiro atoms. The maximum absolute atomic E-state index is 11.2. The summed E-state index contributed by atoms with van der Waals surface area (Å²) in [4.78, 5) is 23.6. The van der Waals surface area contributed by atoms with Crippen molar-refractivity contribution in [3.63, 3.8) is 0 Å². The van der Waals surface area contributed by atoms with Crippen LogP contribution in [-0.4, -0.2) is 27.9 Å². The number of carbonyl (C=O) groups is 2. The molecular weight excluding hydrogens is 176 g/mol. The Morgan fingerprint density at radius 1 is 1.75 bits per heavy atom. The second-order valence-corrected chi connectivity index (χ2v) is 2.97. The standard InChI is InChI=1S/C7H10N2O2S/c1-3-5(10)9-4(2)6(11)8-7(9)12/h4H,3H2,1-2H3,(H,8,11,12)/t4-/m0/s1. The molecule has 5 heteroatoms. The van der Waals surface area contributed by atoms with Gasteiger partial charge in [-0.3, -0.25) is 14.5 Å². The van der Waals surface area contributed by atoms with Gasteiger partial charge in [-0.05, 0) is 19.1 Å². The van der Waals surface area contributed by atoms with Gasteiger partial charge in [0.1, 0.15) is 6.04 Å². The minimum atomic E-state index is -0.454. The summed E-state index contributed by atoms with van der Waals surface area (Å²) in [6, 6.07) is -0.454. The summed E-state index contributed by atoms with van der Waals surface area (Å²) < 4.78 is 0. The molecule has 0 aromatic carbocycles. The Balaban J connectivity index is 2.83. The summed E-state index contributed by atoms with van der Waals surface area (Å²) in [5.74, 6) is -0.326. The van der Waals surface area contributed by atoms with Crippen molar-refractivity contribution in [1.29, 1.82) is 0 Å². The van der Waals surface area contributed by atoms with Crippen molar-refractivity contribution in [3.05, 3.63) is 0 Å². The second kappa shape index (κ2) is 3.18. The molecule has 2 amide bonds. The molecule has 0 aliphatic carbocycles. The van der Waals surface area contributed by atoms with E-state index in [1.54, 1.807) is 13.8 Å². The van der Waals surface area contributed by atoms with Crippen LogP contribution in [0.3, 0.4) is 0 Å². The zero-order valence-corrected chi connectivity index (χ0v) is 7.77. The van der Waals surface area contributed by atoms with E-state index in [1.165, 1.54) is 4.90 Å². The van der Waals surface area contributed by atoms with Crippen molar-refractivity contribution in [3.8, 4) is 0 Å². The van der Waals surface area contributed by atoms with E-state index < -0.39 is 6.04 Å². The van der Waals surface area contributed by atoms with Crippen molar-refractivity contribution < 1.29 is 9.59 Å². The molecule has 4 nitrogen and oxygen atoms in total. The van der Waals surface area contributed by atoms with E-state index in [9.17, 15) is 9.59 Å². The number of rotatable bonds is 1. The molecule has 1 saturated heterocycles. The highest BCUT2D eigenvalue weighted by atomic mass is 32.1. The van der Waals surface area contributed by atoms with Gasteiger partial charge in [0.05, 0.1) is 0 Å². The number of hydrogen-bond acceptors (Lipinski definition) is 3. The van der Waals surface area contributed by atoms with Gasteiger partial charge < -0.3 is 5.32 Å².